The van der Waals surface area contributed by atoms with Gasteiger partial charge in [-0.25, -0.2) is 9.59 Å². The fourth-order valence-electron chi connectivity index (χ4n) is 1.51. The number of nitrogens with one attached hydrogen (secondary N) is 2. The van der Waals surface area contributed by atoms with Gasteiger partial charge in [-0.15, -0.1) is 11.3 Å². The number of carbonyl (C=O) groups is 2. The van der Waals surface area contributed by atoms with Gasteiger partial charge in [-0.2, -0.15) is 0 Å². The zero-order valence-electron chi connectivity index (χ0n) is 11.0. The Bertz CT molecular complexity index is 452. The number of carboxylic acids is 1. The minimum Gasteiger partial charge on any atom is -0.480 e. The van der Waals surface area contributed by atoms with Gasteiger partial charge in [0, 0.05) is 18.6 Å². The quantitative estimate of drug-likeness (QED) is 0.640. The second-order valence-corrected chi connectivity index (χ2v) is 5.86. The number of ether oxygens (including phenoxy) is 1. The monoisotopic (exact) mass is 320 g/mol. The number of halogens is 1. The van der Waals surface area contributed by atoms with Crippen molar-refractivity contribution in [3.63, 3.8) is 0 Å². The highest BCUT2D eigenvalue weighted by Gasteiger charge is 2.19. The molecule has 6 nitrogen and oxygen atoms in total. The van der Waals surface area contributed by atoms with Gasteiger partial charge in [-0.3, -0.25) is 0 Å². The molecule has 112 valence electrons. The molecule has 0 bridgehead atoms. The van der Waals surface area contributed by atoms with Crippen LogP contribution in [0.4, 0.5) is 4.79 Å². The molecular weight excluding hydrogens is 304 g/mol. The first-order valence-corrected chi connectivity index (χ1v) is 7.22. The number of rotatable bonds is 8. The van der Waals surface area contributed by atoms with Gasteiger partial charge in [0.05, 0.1) is 10.9 Å². The first-order chi connectivity index (χ1) is 9.52. The molecule has 3 N–H and O–H groups in total. The average molecular weight is 321 g/mol. The molecule has 20 heavy (non-hydrogen) atoms. The van der Waals surface area contributed by atoms with Gasteiger partial charge in [0.25, 0.3) is 0 Å². The Morgan fingerprint density at radius 1 is 1.50 bits per heavy atom. The molecule has 0 spiro atoms. The summed E-state index contributed by atoms with van der Waals surface area (Å²) < 4.78 is 5.50. The van der Waals surface area contributed by atoms with Crippen LogP contribution in [-0.4, -0.2) is 36.9 Å². The van der Waals surface area contributed by atoms with Crippen molar-refractivity contribution in [2.45, 2.75) is 25.4 Å². The topological polar surface area (TPSA) is 87.7 Å². The molecular formula is C12H17ClN2O4S. The summed E-state index contributed by atoms with van der Waals surface area (Å²) >= 11 is 7.14. The third kappa shape index (κ3) is 6.23. The third-order valence-corrected chi connectivity index (χ3v) is 3.73. The van der Waals surface area contributed by atoms with Gasteiger partial charge in [-0.05, 0) is 25.0 Å². The molecule has 1 rings (SSSR count). The fourth-order valence-corrected chi connectivity index (χ4v) is 2.54. The number of urea groups is 1. The maximum absolute atomic E-state index is 11.6. The molecule has 1 atom stereocenters. The molecule has 1 unspecified atom stereocenters. The van der Waals surface area contributed by atoms with E-state index in [1.807, 2.05) is 0 Å². The molecule has 0 saturated heterocycles. The highest BCUT2D eigenvalue weighted by Crippen LogP contribution is 2.20. The Balaban J connectivity index is 2.35. The smallest absolute Gasteiger partial charge is 0.326 e. The Labute approximate surface area is 126 Å². The maximum atomic E-state index is 11.6. The second kappa shape index (κ2) is 8.78. The second-order valence-electron chi connectivity index (χ2n) is 4.06. The fraction of sp³-hybridized carbons (Fsp3) is 0.500. The van der Waals surface area contributed by atoms with Crippen LogP contribution >= 0.6 is 22.9 Å². The molecule has 0 radical (unpaired) electrons. The number of amides is 2. The average Bonchev–Trinajstić information content (AvgIpc) is 2.81. The van der Waals surface area contributed by atoms with Crippen molar-refractivity contribution in [1.29, 1.82) is 0 Å². The van der Waals surface area contributed by atoms with E-state index in [2.05, 4.69) is 10.6 Å². The number of aliphatic carboxylic acids is 1. The van der Waals surface area contributed by atoms with Crippen molar-refractivity contribution in [2.75, 3.05) is 13.7 Å². The molecule has 0 aliphatic heterocycles. The van der Waals surface area contributed by atoms with Gasteiger partial charge in [0.2, 0.25) is 0 Å². The lowest BCUT2D eigenvalue weighted by atomic mass is 10.1. The molecule has 2 amide bonds. The van der Waals surface area contributed by atoms with Crippen LogP contribution < -0.4 is 10.6 Å². The molecule has 0 aromatic carbocycles. The van der Waals surface area contributed by atoms with Crippen LogP contribution in [0, 0.1) is 0 Å². The molecule has 0 fully saturated rings. The first-order valence-electron chi connectivity index (χ1n) is 6.03. The largest absolute Gasteiger partial charge is 0.480 e. The lowest BCUT2D eigenvalue weighted by molar-refractivity contribution is -0.139. The Morgan fingerprint density at radius 2 is 2.25 bits per heavy atom. The first kappa shape index (κ1) is 16.7. The summed E-state index contributed by atoms with van der Waals surface area (Å²) in [6, 6.07) is 2.11. The van der Waals surface area contributed by atoms with Crippen LogP contribution in [0.5, 0.6) is 0 Å². The van der Waals surface area contributed by atoms with Crippen LogP contribution in [0.1, 0.15) is 17.7 Å². The van der Waals surface area contributed by atoms with Crippen molar-refractivity contribution >= 4 is 34.9 Å². The predicted molar refractivity (Wildman–Crippen MR) is 77.2 cm³/mol. The summed E-state index contributed by atoms with van der Waals surface area (Å²) in [5.41, 5.74) is 0. The molecule has 1 heterocycles. The number of hydrogen-bond acceptors (Lipinski definition) is 4. The minimum atomic E-state index is -1.06. The zero-order valence-corrected chi connectivity index (χ0v) is 12.6. The van der Waals surface area contributed by atoms with Gasteiger partial charge in [0.1, 0.15) is 6.04 Å². The van der Waals surface area contributed by atoms with E-state index in [-0.39, 0.29) is 0 Å². The van der Waals surface area contributed by atoms with Crippen molar-refractivity contribution in [1.82, 2.24) is 10.6 Å². The van der Waals surface area contributed by atoms with Crippen LogP contribution in [0.15, 0.2) is 12.1 Å². The van der Waals surface area contributed by atoms with E-state index in [1.54, 1.807) is 19.2 Å². The lowest BCUT2D eigenvalue weighted by Crippen LogP contribution is -2.45. The van der Waals surface area contributed by atoms with Crippen LogP contribution in [0.25, 0.3) is 0 Å². The van der Waals surface area contributed by atoms with Crippen molar-refractivity contribution < 1.29 is 19.4 Å². The Morgan fingerprint density at radius 3 is 2.80 bits per heavy atom. The van der Waals surface area contributed by atoms with E-state index in [4.69, 9.17) is 21.4 Å². The SMILES string of the molecule is COCCCC(NC(=O)NCc1ccc(Cl)s1)C(=O)O. The maximum Gasteiger partial charge on any atom is 0.326 e. The highest BCUT2D eigenvalue weighted by molar-refractivity contribution is 7.16. The van der Waals surface area contributed by atoms with Gasteiger partial charge in [0.15, 0.2) is 0 Å². The van der Waals surface area contributed by atoms with Crippen molar-refractivity contribution in [3.8, 4) is 0 Å². The molecule has 0 saturated carbocycles. The standard InChI is InChI=1S/C12H17ClN2O4S/c1-19-6-2-3-9(11(16)17)15-12(18)14-7-8-4-5-10(13)20-8/h4-5,9H,2-3,6-7H2,1H3,(H,16,17)(H2,14,15,18). The molecule has 8 heteroatoms. The van der Waals surface area contributed by atoms with Crippen LogP contribution in [0.3, 0.4) is 0 Å². The van der Waals surface area contributed by atoms with Gasteiger partial charge < -0.3 is 20.5 Å². The third-order valence-electron chi connectivity index (χ3n) is 2.50. The van der Waals surface area contributed by atoms with E-state index >= 15 is 0 Å². The van der Waals surface area contributed by atoms with E-state index in [0.29, 0.717) is 30.3 Å². The molecule has 1 aromatic rings. The Kier molecular flexibility index (Phi) is 7.35. The summed E-state index contributed by atoms with van der Waals surface area (Å²) in [5.74, 6) is -1.06. The summed E-state index contributed by atoms with van der Waals surface area (Å²) in [7, 11) is 1.54. The summed E-state index contributed by atoms with van der Waals surface area (Å²) in [5, 5.41) is 14.0. The van der Waals surface area contributed by atoms with E-state index in [1.165, 1.54) is 11.3 Å². The predicted octanol–water partition coefficient (Wildman–Crippen LogP) is 2.08. The zero-order chi connectivity index (χ0) is 15.0. The van der Waals surface area contributed by atoms with Crippen molar-refractivity contribution in [2.24, 2.45) is 0 Å². The number of carboxylic acid groups (broad SMARTS) is 1. The number of carbonyl (C=O) groups excluding carboxylic acids is 1. The van der Waals surface area contributed by atoms with Gasteiger partial charge >= 0.3 is 12.0 Å². The normalized spacial score (nSPS) is 11.9. The number of methoxy groups -OCH3 is 1. The van der Waals surface area contributed by atoms with Crippen LogP contribution in [-0.2, 0) is 16.1 Å². The van der Waals surface area contributed by atoms with Crippen LogP contribution in [0.2, 0.25) is 4.34 Å². The minimum absolute atomic E-state index is 0.313. The van der Waals surface area contributed by atoms with Gasteiger partial charge in [-0.1, -0.05) is 11.6 Å². The molecule has 0 aliphatic carbocycles. The number of hydrogen-bond donors (Lipinski definition) is 3. The highest BCUT2D eigenvalue weighted by atomic mass is 35.5. The van der Waals surface area contributed by atoms with E-state index in [0.717, 1.165) is 4.88 Å². The van der Waals surface area contributed by atoms with E-state index < -0.39 is 18.0 Å². The Hall–Kier alpha value is -1.31. The van der Waals surface area contributed by atoms with Crippen molar-refractivity contribution in [3.05, 3.63) is 21.3 Å². The molecule has 0 aliphatic rings. The summed E-state index contributed by atoms with van der Waals surface area (Å²) in [6.45, 7) is 0.772. The summed E-state index contributed by atoms with van der Waals surface area (Å²) in [6.07, 6.45) is 0.885. The van der Waals surface area contributed by atoms with E-state index in [9.17, 15) is 9.59 Å². The lowest BCUT2D eigenvalue weighted by Gasteiger charge is -2.14. The summed E-state index contributed by atoms with van der Waals surface area (Å²) in [4.78, 5) is 23.5. The molecule has 1 aromatic heterocycles. The number of thiophene rings is 1.